The van der Waals surface area contributed by atoms with Gasteiger partial charge in [0.1, 0.15) is 5.82 Å². The third kappa shape index (κ3) is 3.68. The first-order valence-corrected chi connectivity index (χ1v) is 5.50. The number of alkyl halides is 3. The summed E-state index contributed by atoms with van der Waals surface area (Å²) in [7, 11) is 0. The van der Waals surface area contributed by atoms with Crippen molar-refractivity contribution in [1.82, 2.24) is 0 Å². The molecule has 1 rings (SSSR count). The van der Waals surface area contributed by atoms with E-state index in [0.717, 1.165) is 12.1 Å². The predicted molar refractivity (Wildman–Crippen MR) is 59.5 cm³/mol. The normalized spacial score (nSPS) is 15.5. The lowest BCUT2D eigenvalue weighted by Crippen LogP contribution is -2.26. The first kappa shape index (κ1) is 14.9. The van der Waals surface area contributed by atoms with Gasteiger partial charge in [0.2, 0.25) is 0 Å². The van der Waals surface area contributed by atoms with Crippen molar-refractivity contribution in [3.63, 3.8) is 0 Å². The van der Waals surface area contributed by atoms with Crippen molar-refractivity contribution in [2.24, 2.45) is 5.73 Å². The van der Waals surface area contributed by atoms with E-state index in [-0.39, 0.29) is 18.6 Å². The van der Waals surface area contributed by atoms with Gasteiger partial charge in [0, 0.05) is 18.6 Å². The minimum atomic E-state index is -4.60. The van der Waals surface area contributed by atoms with E-state index in [4.69, 9.17) is 10.8 Å². The van der Waals surface area contributed by atoms with Crippen LogP contribution in [-0.4, -0.2) is 17.8 Å². The highest BCUT2D eigenvalue weighted by Gasteiger charge is 2.32. The molecule has 2 atom stereocenters. The topological polar surface area (TPSA) is 46.2 Å². The van der Waals surface area contributed by atoms with Gasteiger partial charge in [-0.3, -0.25) is 0 Å². The molecule has 102 valence electrons. The largest absolute Gasteiger partial charge is 0.416 e. The Kier molecular flexibility index (Phi) is 4.70. The number of rotatable bonds is 4. The zero-order valence-electron chi connectivity index (χ0n) is 9.84. The summed E-state index contributed by atoms with van der Waals surface area (Å²) < 4.78 is 50.9. The van der Waals surface area contributed by atoms with Crippen molar-refractivity contribution in [3.05, 3.63) is 35.1 Å². The second-order valence-electron chi connectivity index (χ2n) is 4.25. The predicted octanol–water partition coefficient (Wildman–Crippen LogP) is 2.66. The molecule has 3 N–H and O–H groups in total. The maximum Gasteiger partial charge on any atom is 0.416 e. The number of nitrogens with two attached hydrogens (primary N) is 1. The molecule has 0 heterocycles. The molecule has 1 aromatic rings. The van der Waals surface area contributed by atoms with Gasteiger partial charge < -0.3 is 10.8 Å². The summed E-state index contributed by atoms with van der Waals surface area (Å²) in [5.41, 5.74) is 4.77. The van der Waals surface area contributed by atoms with Crippen LogP contribution in [0.1, 0.15) is 30.4 Å². The second-order valence-corrected chi connectivity index (χ2v) is 4.25. The lowest BCUT2D eigenvalue weighted by molar-refractivity contribution is -0.137. The SMILES string of the molecule is CC(N)C(CCO)c1cc(F)cc(C(F)(F)F)c1. The van der Waals surface area contributed by atoms with Crippen molar-refractivity contribution < 1.29 is 22.7 Å². The average Bonchev–Trinajstić information content (AvgIpc) is 2.23. The number of aliphatic hydroxyl groups is 1. The Morgan fingerprint density at radius 2 is 1.89 bits per heavy atom. The summed E-state index contributed by atoms with van der Waals surface area (Å²) in [5.74, 6) is -1.46. The highest BCUT2D eigenvalue weighted by Crippen LogP contribution is 2.33. The lowest BCUT2D eigenvalue weighted by Gasteiger charge is -2.21. The molecule has 0 saturated heterocycles. The van der Waals surface area contributed by atoms with E-state index in [9.17, 15) is 17.6 Å². The lowest BCUT2D eigenvalue weighted by atomic mass is 9.89. The first-order valence-electron chi connectivity index (χ1n) is 5.50. The fourth-order valence-electron chi connectivity index (χ4n) is 1.86. The van der Waals surface area contributed by atoms with Gasteiger partial charge in [-0.15, -0.1) is 0 Å². The van der Waals surface area contributed by atoms with Gasteiger partial charge in [-0.2, -0.15) is 13.2 Å². The zero-order valence-corrected chi connectivity index (χ0v) is 9.84. The van der Waals surface area contributed by atoms with Crippen molar-refractivity contribution >= 4 is 0 Å². The zero-order chi connectivity index (χ0) is 13.9. The number of hydrogen-bond donors (Lipinski definition) is 2. The van der Waals surface area contributed by atoms with E-state index in [1.807, 2.05) is 0 Å². The number of hydrogen-bond acceptors (Lipinski definition) is 2. The van der Waals surface area contributed by atoms with Crippen LogP contribution >= 0.6 is 0 Å². The maximum absolute atomic E-state index is 13.2. The molecule has 6 heteroatoms. The monoisotopic (exact) mass is 265 g/mol. The van der Waals surface area contributed by atoms with Crippen LogP contribution in [0.4, 0.5) is 17.6 Å². The minimum Gasteiger partial charge on any atom is -0.396 e. The Balaban J connectivity index is 3.19. The van der Waals surface area contributed by atoms with Gasteiger partial charge in [0.05, 0.1) is 5.56 Å². The molecule has 0 spiro atoms. The summed E-state index contributed by atoms with van der Waals surface area (Å²) in [6, 6.07) is 1.88. The van der Waals surface area contributed by atoms with Crippen LogP contribution in [0, 0.1) is 5.82 Å². The Hall–Kier alpha value is -1.14. The van der Waals surface area contributed by atoms with Gasteiger partial charge >= 0.3 is 6.18 Å². The van der Waals surface area contributed by atoms with E-state index in [2.05, 4.69) is 0 Å². The maximum atomic E-state index is 13.2. The van der Waals surface area contributed by atoms with E-state index >= 15 is 0 Å². The number of benzene rings is 1. The Bertz CT molecular complexity index is 404. The molecule has 0 radical (unpaired) electrons. The average molecular weight is 265 g/mol. The highest BCUT2D eigenvalue weighted by atomic mass is 19.4. The minimum absolute atomic E-state index is 0.159. The molecule has 18 heavy (non-hydrogen) atoms. The smallest absolute Gasteiger partial charge is 0.396 e. The van der Waals surface area contributed by atoms with Crippen LogP contribution in [0.3, 0.4) is 0 Å². The molecule has 0 saturated carbocycles. The molecule has 0 aliphatic carbocycles. The van der Waals surface area contributed by atoms with Crippen LogP contribution in [0.15, 0.2) is 18.2 Å². The third-order valence-corrected chi connectivity index (χ3v) is 2.75. The van der Waals surface area contributed by atoms with Crippen molar-refractivity contribution in [3.8, 4) is 0 Å². The Morgan fingerprint density at radius 1 is 1.28 bits per heavy atom. The van der Waals surface area contributed by atoms with Gasteiger partial charge in [-0.25, -0.2) is 4.39 Å². The summed E-state index contributed by atoms with van der Waals surface area (Å²) in [6.07, 6.45) is -4.41. The van der Waals surface area contributed by atoms with Crippen LogP contribution < -0.4 is 5.73 Å². The molecule has 0 fully saturated rings. The van der Waals surface area contributed by atoms with Gasteiger partial charge in [-0.1, -0.05) is 0 Å². The van der Waals surface area contributed by atoms with E-state index in [1.54, 1.807) is 6.92 Å². The molecule has 0 aliphatic rings. The van der Waals surface area contributed by atoms with Crippen molar-refractivity contribution in [1.29, 1.82) is 0 Å². The van der Waals surface area contributed by atoms with E-state index < -0.39 is 29.5 Å². The molecule has 0 aliphatic heterocycles. The fourth-order valence-corrected chi connectivity index (χ4v) is 1.86. The molecule has 1 aromatic carbocycles. The quantitative estimate of drug-likeness (QED) is 0.822. The van der Waals surface area contributed by atoms with Gasteiger partial charge in [-0.05, 0) is 37.1 Å². The molecule has 2 unspecified atom stereocenters. The third-order valence-electron chi connectivity index (χ3n) is 2.75. The summed E-state index contributed by atoms with van der Waals surface area (Å²) in [4.78, 5) is 0. The van der Waals surface area contributed by atoms with Crippen LogP contribution in [0.2, 0.25) is 0 Å². The van der Waals surface area contributed by atoms with E-state index in [0.29, 0.717) is 6.07 Å². The number of halogens is 4. The molecule has 0 bridgehead atoms. The van der Waals surface area contributed by atoms with E-state index in [1.165, 1.54) is 0 Å². The first-order chi connectivity index (χ1) is 8.25. The standard InChI is InChI=1S/C12H15F4NO/c1-7(17)11(2-3-18)8-4-9(12(14,15)16)6-10(13)5-8/h4-7,11,18H,2-3,17H2,1H3. The summed E-state index contributed by atoms with van der Waals surface area (Å²) in [5, 5.41) is 8.87. The Morgan fingerprint density at radius 3 is 2.33 bits per heavy atom. The molecular weight excluding hydrogens is 250 g/mol. The summed E-state index contributed by atoms with van der Waals surface area (Å²) >= 11 is 0. The van der Waals surface area contributed by atoms with Gasteiger partial charge in [0.25, 0.3) is 0 Å². The molecule has 0 aromatic heterocycles. The van der Waals surface area contributed by atoms with Crippen LogP contribution in [-0.2, 0) is 6.18 Å². The molecule has 2 nitrogen and oxygen atoms in total. The highest BCUT2D eigenvalue weighted by molar-refractivity contribution is 5.30. The van der Waals surface area contributed by atoms with Crippen LogP contribution in [0.25, 0.3) is 0 Å². The van der Waals surface area contributed by atoms with Crippen LogP contribution in [0.5, 0.6) is 0 Å². The van der Waals surface area contributed by atoms with Crippen molar-refractivity contribution in [2.45, 2.75) is 31.5 Å². The molecular formula is C12H15F4NO. The molecule has 0 amide bonds. The second kappa shape index (κ2) is 5.67. The number of aliphatic hydroxyl groups excluding tert-OH is 1. The fraction of sp³-hybridized carbons (Fsp3) is 0.500. The van der Waals surface area contributed by atoms with Gasteiger partial charge in [0.15, 0.2) is 0 Å². The Labute approximate surface area is 102 Å². The summed E-state index contributed by atoms with van der Waals surface area (Å²) in [6.45, 7) is 1.39. The van der Waals surface area contributed by atoms with Crippen molar-refractivity contribution in [2.75, 3.05) is 6.61 Å².